The second-order valence-corrected chi connectivity index (χ2v) is 6.10. The normalized spacial score (nSPS) is 24.9. The van der Waals surface area contributed by atoms with Crippen LogP contribution >= 0.6 is 22.6 Å². The summed E-state index contributed by atoms with van der Waals surface area (Å²) < 4.78 is 0.748. The van der Waals surface area contributed by atoms with Crippen molar-refractivity contribution in [2.45, 2.75) is 51.9 Å². The van der Waals surface area contributed by atoms with Crippen LogP contribution in [0, 0.1) is 9.49 Å². The van der Waals surface area contributed by atoms with Gasteiger partial charge in [-0.25, -0.2) is 4.98 Å². The molecule has 1 aliphatic carbocycles. The van der Waals surface area contributed by atoms with Crippen molar-refractivity contribution < 1.29 is 0 Å². The lowest BCUT2D eigenvalue weighted by Crippen LogP contribution is -2.22. The lowest BCUT2D eigenvalue weighted by Gasteiger charge is -2.25. The lowest BCUT2D eigenvalue weighted by atomic mass is 9.82. The molecule has 1 heterocycles. The SMILES string of the molecule is CCc1nc(C2CCC(C)CC2)[nH]c(=O)c1I. The van der Waals surface area contributed by atoms with Crippen LogP contribution in [-0.4, -0.2) is 9.97 Å². The highest BCUT2D eigenvalue weighted by atomic mass is 127. The summed E-state index contributed by atoms with van der Waals surface area (Å²) in [6.07, 6.45) is 5.66. The Labute approximate surface area is 116 Å². The quantitative estimate of drug-likeness (QED) is 0.836. The second-order valence-electron chi connectivity index (χ2n) is 5.02. The Morgan fingerprint density at radius 3 is 2.59 bits per heavy atom. The Balaban J connectivity index is 2.27. The summed E-state index contributed by atoms with van der Waals surface area (Å²) in [6, 6.07) is 0. The summed E-state index contributed by atoms with van der Waals surface area (Å²) in [6.45, 7) is 4.36. The van der Waals surface area contributed by atoms with Crippen LogP contribution in [0.25, 0.3) is 0 Å². The van der Waals surface area contributed by atoms with E-state index in [1.807, 2.05) is 0 Å². The Hall–Kier alpha value is -0.390. The smallest absolute Gasteiger partial charge is 0.264 e. The van der Waals surface area contributed by atoms with Crippen LogP contribution in [-0.2, 0) is 6.42 Å². The first-order valence-corrected chi connectivity index (χ1v) is 7.48. The molecule has 94 valence electrons. The van der Waals surface area contributed by atoms with Gasteiger partial charge in [-0.3, -0.25) is 4.79 Å². The number of hydrogen-bond donors (Lipinski definition) is 1. The van der Waals surface area contributed by atoms with Crippen LogP contribution in [0.2, 0.25) is 0 Å². The van der Waals surface area contributed by atoms with Crippen LogP contribution < -0.4 is 5.56 Å². The van der Waals surface area contributed by atoms with E-state index >= 15 is 0 Å². The van der Waals surface area contributed by atoms with Gasteiger partial charge in [0, 0.05) is 5.92 Å². The number of aryl methyl sites for hydroxylation is 1. The molecule has 0 aliphatic heterocycles. The van der Waals surface area contributed by atoms with Gasteiger partial charge in [0.2, 0.25) is 0 Å². The molecule has 0 amide bonds. The summed E-state index contributed by atoms with van der Waals surface area (Å²) in [5, 5.41) is 0. The molecule has 0 unspecified atom stereocenters. The third-order valence-corrected chi connectivity index (χ3v) is 4.80. The van der Waals surface area contributed by atoms with E-state index in [9.17, 15) is 4.79 Å². The summed E-state index contributed by atoms with van der Waals surface area (Å²) in [4.78, 5) is 19.4. The van der Waals surface area contributed by atoms with Gasteiger partial charge in [-0.1, -0.05) is 26.7 Å². The molecule has 1 N–H and O–H groups in total. The average Bonchev–Trinajstić information content (AvgIpc) is 2.33. The summed E-state index contributed by atoms with van der Waals surface area (Å²) in [5.41, 5.74) is 0.981. The summed E-state index contributed by atoms with van der Waals surface area (Å²) >= 11 is 2.09. The molecule has 0 aromatic carbocycles. The molecule has 0 spiro atoms. The first-order valence-electron chi connectivity index (χ1n) is 6.40. The zero-order chi connectivity index (χ0) is 12.4. The minimum Gasteiger partial charge on any atom is -0.309 e. The molecular weight excluding hydrogens is 327 g/mol. The van der Waals surface area contributed by atoms with E-state index in [0.717, 1.165) is 40.3 Å². The highest BCUT2D eigenvalue weighted by Gasteiger charge is 2.22. The van der Waals surface area contributed by atoms with E-state index in [-0.39, 0.29) is 5.56 Å². The molecule has 0 saturated heterocycles. The van der Waals surface area contributed by atoms with Gasteiger partial charge in [0.1, 0.15) is 5.82 Å². The Morgan fingerprint density at radius 1 is 1.35 bits per heavy atom. The fourth-order valence-electron chi connectivity index (χ4n) is 2.49. The molecule has 2 rings (SSSR count). The average molecular weight is 346 g/mol. The number of halogens is 1. The van der Waals surface area contributed by atoms with E-state index in [2.05, 4.69) is 46.4 Å². The molecular formula is C13H19IN2O. The van der Waals surface area contributed by atoms with E-state index < -0.39 is 0 Å². The van der Waals surface area contributed by atoms with Crippen LogP contribution in [0.5, 0.6) is 0 Å². The summed E-state index contributed by atoms with van der Waals surface area (Å²) in [7, 11) is 0. The Kier molecular flexibility index (Phi) is 4.22. The van der Waals surface area contributed by atoms with Crippen molar-refractivity contribution in [1.82, 2.24) is 9.97 Å². The van der Waals surface area contributed by atoms with E-state index in [1.54, 1.807) is 0 Å². The van der Waals surface area contributed by atoms with Crippen molar-refractivity contribution in [3.63, 3.8) is 0 Å². The fourth-order valence-corrected chi connectivity index (χ4v) is 3.12. The highest BCUT2D eigenvalue weighted by molar-refractivity contribution is 14.1. The highest BCUT2D eigenvalue weighted by Crippen LogP contribution is 2.33. The fraction of sp³-hybridized carbons (Fsp3) is 0.692. The number of nitrogens with zero attached hydrogens (tertiary/aromatic N) is 1. The first kappa shape index (κ1) is 13.1. The first-order chi connectivity index (χ1) is 8.11. The molecule has 1 aromatic heterocycles. The van der Waals surface area contributed by atoms with Crippen molar-refractivity contribution in [2.24, 2.45) is 5.92 Å². The number of aromatic nitrogens is 2. The zero-order valence-corrected chi connectivity index (χ0v) is 12.6. The third-order valence-electron chi connectivity index (χ3n) is 3.69. The minimum absolute atomic E-state index is 0.0334. The zero-order valence-electron chi connectivity index (χ0n) is 10.4. The van der Waals surface area contributed by atoms with E-state index in [4.69, 9.17) is 0 Å². The number of nitrogens with one attached hydrogen (secondary N) is 1. The van der Waals surface area contributed by atoms with Crippen molar-refractivity contribution >= 4 is 22.6 Å². The molecule has 1 aliphatic rings. The van der Waals surface area contributed by atoms with Crippen LogP contribution in [0.4, 0.5) is 0 Å². The van der Waals surface area contributed by atoms with Gasteiger partial charge >= 0.3 is 0 Å². The molecule has 0 radical (unpaired) electrons. The lowest BCUT2D eigenvalue weighted by molar-refractivity contribution is 0.339. The van der Waals surface area contributed by atoms with Gasteiger partial charge in [-0.15, -0.1) is 0 Å². The maximum atomic E-state index is 11.8. The van der Waals surface area contributed by atoms with Crippen LogP contribution in [0.1, 0.15) is 57.0 Å². The maximum absolute atomic E-state index is 11.8. The van der Waals surface area contributed by atoms with Gasteiger partial charge in [-0.2, -0.15) is 0 Å². The molecule has 1 fully saturated rings. The van der Waals surface area contributed by atoms with E-state index in [1.165, 1.54) is 12.8 Å². The predicted octanol–water partition coefficient (Wildman–Crippen LogP) is 3.23. The number of H-pyrrole nitrogens is 1. The Bertz CT molecular complexity index is 447. The number of aromatic amines is 1. The maximum Gasteiger partial charge on any atom is 0.264 e. The predicted molar refractivity (Wildman–Crippen MR) is 77.3 cm³/mol. The second kappa shape index (κ2) is 5.50. The molecule has 0 bridgehead atoms. The van der Waals surface area contributed by atoms with Gasteiger partial charge < -0.3 is 4.98 Å². The van der Waals surface area contributed by atoms with Gasteiger partial charge in [-0.05, 0) is 47.8 Å². The van der Waals surface area contributed by atoms with Crippen LogP contribution in [0.15, 0.2) is 4.79 Å². The molecule has 3 nitrogen and oxygen atoms in total. The van der Waals surface area contributed by atoms with Gasteiger partial charge in [0.05, 0.1) is 9.26 Å². The molecule has 4 heteroatoms. The standard InChI is InChI=1S/C13H19IN2O/c1-3-10-11(14)13(17)16-12(15-10)9-6-4-8(2)5-7-9/h8-9H,3-7H2,1-2H3,(H,15,16,17). The van der Waals surface area contributed by atoms with E-state index in [0.29, 0.717) is 5.92 Å². The molecule has 1 aromatic rings. The molecule has 0 atom stereocenters. The monoisotopic (exact) mass is 346 g/mol. The van der Waals surface area contributed by atoms with Crippen molar-refractivity contribution in [3.05, 3.63) is 25.4 Å². The molecule has 1 saturated carbocycles. The molecule has 17 heavy (non-hydrogen) atoms. The van der Waals surface area contributed by atoms with Crippen molar-refractivity contribution in [1.29, 1.82) is 0 Å². The minimum atomic E-state index is 0.0334. The van der Waals surface area contributed by atoms with Crippen molar-refractivity contribution in [2.75, 3.05) is 0 Å². The third kappa shape index (κ3) is 2.89. The summed E-state index contributed by atoms with van der Waals surface area (Å²) in [5.74, 6) is 2.20. The Morgan fingerprint density at radius 2 is 2.00 bits per heavy atom. The number of hydrogen-bond acceptors (Lipinski definition) is 2. The van der Waals surface area contributed by atoms with Crippen LogP contribution in [0.3, 0.4) is 0 Å². The number of rotatable bonds is 2. The topological polar surface area (TPSA) is 45.8 Å². The van der Waals surface area contributed by atoms with Crippen molar-refractivity contribution in [3.8, 4) is 0 Å². The van der Waals surface area contributed by atoms with Gasteiger partial charge in [0.25, 0.3) is 5.56 Å². The largest absolute Gasteiger partial charge is 0.309 e. The van der Waals surface area contributed by atoms with Gasteiger partial charge in [0.15, 0.2) is 0 Å².